The Bertz CT molecular complexity index is 1730. The number of methoxy groups -OCH3 is 2. The molecule has 0 aliphatic carbocycles. The molecule has 1 aliphatic heterocycles. The van der Waals surface area contributed by atoms with Crippen molar-refractivity contribution in [2.75, 3.05) is 21.3 Å². The van der Waals surface area contributed by atoms with E-state index in [1.54, 1.807) is 37.3 Å². The highest BCUT2D eigenvalue weighted by molar-refractivity contribution is 6.19. The fourth-order valence-electron chi connectivity index (χ4n) is 5.67. The Hall–Kier alpha value is -4.12. The smallest absolute Gasteiger partial charge is 0.344 e. The van der Waals surface area contributed by atoms with Crippen LogP contribution < -0.4 is 15.1 Å². The number of ether oxygens (including phenoxy) is 3. The standard InChI is InChI=1S/C30H31NO9/c1-7-15-10-18-22(20(11-15)37-5)17-12-21(38-6)24-19(33)9-8-16(23(24)28(17)40-30(18)36)29-27(35)25(31(4)14(3)32)26(34)13(2)39-29/h7-13,25-27,29,33-35H,1H2,2-6H3/t13-,25+,26+,27-,29+/m0/s1. The number of aliphatic hydroxyl groups is 2. The van der Waals surface area contributed by atoms with Gasteiger partial charge in [-0.1, -0.05) is 18.7 Å². The van der Waals surface area contributed by atoms with Crippen molar-refractivity contribution in [3.05, 3.63) is 58.5 Å². The molecule has 3 N–H and O–H groups in total. The highest BCUT2D eigenvalue weighted by Crippen LogP contribution is 2.47. The molecule has 4 aromatic rings. The van der Waals surface area contributed by atoms with Gasteiger partial charge < -0.3 is 38.8 Å². The molecule has 10 heteroatoms. The first-order valence-corrected chi connectivity index (χ1v) is 12.7. The zero-order chi connectivity index (χ0) is 29.0. The summed E-state index contributed by atoms with van der Waals surface area (Å²) in [6.45, 7) is 6.76. The normalized spacial score (nSPS) is 22.9. The van der Waals surface area contributed by atoms with Crippen LogP contribution in [0.15, 0.2) is 46.1 Å². The van der Waals surface area contributed by atoms with Crippen LogP contribution in [0.2, 0.25) is 0 Å². The van der Waals surface area contributed by atoms with Crippen LogP contribution in [0.5, 0.6) is 17.2 Å². The highest BCUT2D eigenvalue weighted by atomic mass is 16.5. The number of phenolic OH excluding ortho intramolecular Hbond substituents is 1. The zero-order valence-corrected chi connectivity index (χ0v) is 22.8. The van der Waals surface area contributed by atoms with E-state index in [1.807, 2.05) is 0 Å². The van der Waals surface area contributed by atoms with Crippen LogP contribution in [0.4, 0.5) is 0 Å². The zero-order valence-electron chi connectivity index (χ0n) is 22.8. The summed E-state index contributed by atoms with van der Waals surface area (Å²) in [6, 6.07) is 7.04. The fourth-order valence-corrected chi connectivity index (χ4v) is 5.67. The number of likely N-dealkylation sites (N-methyl/N-ethyl adjacent to an activating group) is 1. The number of carbonyl (C=O) groups is 1. The molecule has 210 valence electrons. The molecule has 1 amide bonds. The maximum Gasteiger partial charge on any atom is 0.344 e. The lowest BCUT2D eigenvalue weighted by Gasteiger charge is -2.45. The van der Waals surface area contributed by atoms with E-state index >= 15 is 0 Å². The first kappa shape index (κ1) is 27.4. The third-order valence-electron chi connectivity index (χ3n) is 7.80. The minimum Gasteiger partial charge on any atom is -0.507 e. The molecule has 0 saturated carbocycles. The van der Waals surface area contributed by atoms with Crippen molar-refractivity contribution in [2.24, 2.45) is 0 Å². The average molecular weight is 550 g/mol. The number of hydrogen-bond acceptors (Lipinski definition) is 9. The first-order chi connectivity index (χ1) is 19.0. The van der Waals surface area contributed by atoms with Crippen LogP contribution in [0.25, 0.3) is 38.6 Å². The number of phenols is 1. The second-order valence-corrected chi connectivity index (χ2v) is 9.98. The van der Waals surface area contributed by atoms with E-state index in [9.17, 15) is 24.9 Å². The number of benzene rings is 3. The average Bonchev–Trinajstić information content (AvgIpc) is 2.94. The summed E-state index contributed by atoms with van der Waals surface area (Å²) in [7, 11) is 4.43. The minimum atomic E-state index is -1.37. The third-order valence-corrected chi connectivity index (χ3v) is 7.80. The molecule has 1 aromatic heterocycles. The lowest BCUT2D eigenvalue weighted by molar-refractivity contribution is -0.201. The Morgan fingerprint density at radius 3 is 2.33 bits per heavy atom. The molecule has 0 spiro atoms. The molecule has 0 bridgehead atoms. The summed E-state index contributed by atoms with van der Waals surface area (Å²) in [5, 5.41) is 35.0. The van der Waals surface area contributed by atoms with Gasteiger partial charge in [-0.3, -0.25) is 4.79 Å². The number of carbonyl (C=O) groups excluding carboxylic acids is 1. The fraction of sp³-hybridized carbons (Fsp3) is 0.333. The van der Waals surface area contributed by atoms with Crippen LogP contribution >= 0.6 is 0 Å². The Labute approximate surface area is 229 Å². The van der Waals surface area contributed by atoms with Crippen molar-refractivity contribution >= 4 is 44.5 Å². The largest absolute Gasteiger partial charge is 0.507 e. The number of amides is 1. The van der Waals surface area contributed by atoms with E-state index in [-0.39, 0.29) is 39.1 Å². The van der Waals surface area contributed by atoms with Gasteiger partial charge in [0.1, 0.15) is 41.1 Å². The van der Waals surface area contributed by atoms with E-state index in [1.165, 1.54) is 39.2 Å². The summed E-state index contributed by atoms with van der Waals surface area (Å²) < 4.78 is 23.3. The lowest BCUT2D eigenvalue weighted by Crippen LogP contribution is -2.60. The van der Waals surface area contributed by atoms with Gasteiger partial charge in [-0.15, -0.1) is 0 Å². The predicted molar refractivity (Wildman–Crippen MR) is 150 cm³/mol. The van der Waals surface area contributed by atoms with Crippen LogP contribution in [0.3, 0.4) is 0 Å². The molecule has 10 nitrogen and oxygen atoms in total. The van der Waals surface area contributed by atoms with Gasteiger partial charge in [-0.2, -0.15) is 0 Å². The van der Waals surface area contributed by atoms with Gasteiger partial charge in [0, 0.05) is 30.1 Å². The van der Waals surface area contributed by atoms with Gasteiger partial charge in [0.2, 0.25) is 5.91 Å². The molecule has 40 heavy (non-hydrogen) atoms. The van der Waals surface area contributed by atoms with Gasteiger partial charge in [0.15, 0.2) is 0 Å². The molecule has 2 heterocycles. The summed E-state index contributed by atoms with van der Waals surface area (Å²) in [5.74, 6) is 0.192. The molecule has 3 aromatic carbocycles. The minimum absolute atomic E-state index is 0.120. The number of hydrogen-bond donors (Lipinski definition) is 3. The number of aliphatic hydroxyl groups excluding tert-OH is 2. The van der Waals surface area contributed by atoms with Crippen LogP contribution in [0, 0.1) is 0 Å². The lowest BCUT2D eigenvalue weighted by atomic mass is 9.86. The van der Waals surface area contributed by atoms with Crippen molar-refractivity contribution < 1.29 is 38.7 Å². The molecule has 0 unspecified atom stereocenters. The number of nitrogens with zero attached hydrogens (tertiary/aromatic N) is 1. The van der Waals surface area contributed by atoms with Gasteiger partial charge >= 0.3 is 5.63 Å². The summed E-state index contributed by atoms with van der Waals surface area (Å²) in [6.07, 6.45) is -2.79. The van der Waals surface area contributed by atoms with E-state index in [4.69, 9.17) is 18.6 Å². The van der Waals surface area contributed by atoms with E-state index in [0.29, 0.717) is 27.6 Å². The topological polar surface area (TPSA) is 139 Å². The van der Waals surface area contributed by atoms with Gasteiger partial charge in [0.05, 0.1) is 37.1 Å². The van der Waals surface area contributed by atoms with Gasteiger partial charge in [-0.05, 0) is 42.3 Å². The predicted octanol–water partition coefficient (Wildman–Crippen LogP) is 3.49. The second kappa shape index (κ2) is 10.1. The Kier molecular flexibility index (Phi) is 6.95. The maximum absolute atomic E-state index is 13.4. The molecular weight excluding hydrogens is 518 g/mol. The SMILES string of the molecule is C=Cc1cc(OC)c2c(c1)c(=O)oc1c2cc(OC)c2c(O)ccc([C@H]3O[C@@H](C)[C@@H](O)[C@@H](N(C)C(C)=O)[C@@H]3O)c21. The van der Waals surface area contributed by atoms with E-state index in [0.717, 1.165) is 0 Å². The number of aromatic hydroxyl groups is 1. The van der Waals surface area contributed by atoms with Gasteiger partial charge in [-0.25, -0.2) is 4.79 Å². The monoisotopic (exact) mass is 549 g/mol. The highest BCUT2D eigenvalue weighted by Gasteiger charge is 2.46. The molecule has 1 fully saturated rings. The van der Waals surface area contributed by atoms with Crippen molar-refractivity contribution in [2.45, 2.75) is 44.3 Å². The third kappa shape index (κ3) is 4.07. The molecule has 5 atom stereocenters. The van der Waals surface area contributed by atoms with Crippen molar-refractivity contribution in [1.82, 2.24) is 4.90 Å². The molecule has 1 aliphatic rings. The number of fused-ring (bicyclic) bond motifs is 5. The second-order valence-electron chi connectivity index (χ2n) is 9.98. The van der Waals surface area contributed by atoms with Crippen molar-refractivity contribution in [3.63, 3.8) is 0 Å². The maximum atomic E-state index is 13.4. The quantitative estimate of drug-likeness (QED) is 0.252. The molecule has 0 radical (unpaired) electrons. The Balaban J connectivity index is 1.91. The Morgan fingerprint density at radius 1 is 1.02 bits per heavy atom. The van der Waals surface area contributed by atoms with Crippen LogP contribution in [-0.4, -0.2) is 71.7 Å². The Morgan fingerprint density at radius 2 is 1.70 bits per heavy atom. The van der Waals surface area contributed by atoms with Crippen LogP contribution in [-0.2, 0) is 9.53 Å². The summed E-state index contributed by atoms with van der Waals surface area (Å²) in [5.41, 5.74) is 0.506. The van der Waals surface area contributed by atoms with Crippen molar-refractivity contribution in [1.29, 1.82) is 0 Å². The molecule has 5 rings (SSSR count). The van der Waals surface area contributed by atoms with E-state index < -0.39 is 36.1 Å². The molecule has 1 saturated heterocycles. The number of rotatable bonds is 5. The molecular formula is C30H31NO9. The first-order valence-electron chi connectivity index (χ1n) is 12.7. The summed E-state index contributed by atoms with van der Waals surface area (Å²) in [4.78, 5) is 26.9. The van der Waals surface area contributed by atoms with Crippen molar-refractivity contribution in [3.8, 4) is 17.2 Å². The summed E-state index contributed by atoms with van der Waals surface area (Å²) >= 11 is 0. The van der Waals surface area contributed by atoms with Crippen LogP contribution in [0.1, 0.15) is 31.1 Å². The van der Waals surface area contributed by atoms with E-state index in [2.05, 4.69) is 6.58 Å². The van der Waals surface area contributed by atoms with Gasteiger partial charge in [0.25, 0.3) is 0 Å².